The van der Waals surface area contributed by atoms with Gasteiger partial charge in [-0.15, -0.1) is 0 Å². The van der Waals surface area contributed by atoms with Crippen LogP contribution in [-0.2, 0) is 4.74 Å². The van der Waals surface area contributed by atoms with Gasteiger partial charge in [0.15, 0.2) is 0 Å². The summed E-state index contributed by atoms with van der Waals surface area (Å²) in [5.74, 6) is 0.864. The third-order valence-electron chi connectivity index (χ3n) is 5.36. The number of ether oxygens (including phenoxy) is 1. The van der Waals surface area contributed by atoms with Gasteiger partial charge in [0.25, 0.3) is 0 Å². The number of hydrogen-bond acceptors (Lipinski definition) is 3. The Labute approximate surface area is 148 Å². The van der Waals surface area contributed by atoms with Gasteiger partial charge >= 0.3 is 6.09 Å². The summed E-state index contributed by atoms with van der Waals surface area (Å²) < 4.78 is 5.65. The van der Waals surface area contributed by atoms with Crippen LogP contribution in [-0.4, -0.2) is 41.8 Å². The van der Waals surface area contributed by atoms with Crippen molar-refractivity contribution in [3.8, 4) is 0 Å². The van der Waals surface area contributed by atoms with Crippen LogP contribution in [0, 0.1) is 5.92 Å². The maximum atomic E-state index is 12.6. The molecule has 1 amide bonds. The molecule has 2 fully saturated rings. The van der Waals surface area contributed by atoms with Gasteiger partial charge in [-0.25, -0.2) is 4.79 Å². The molecule has 1 aliphatic carbocycles. The van der Waals surface area contributed by atoms with Crippen LogP contribution < -0.4 is 5.32 Å². The summed E-state index contributed by atoms with van der Waals surface area (Å²) in [6, 6.07) is 0.770. The minimum atomic E-state index is -0.416. The molecule has 2 atom stereocenters. The molecule has 0 spiro atoms. The van der Waals surface area contributed by atoms with Crippen LogP contribution >= 0.6 is 0 Å². The van der Waals surface area contributed by atoms with Crippen LogP contribution in [0.3, 0.4) is 0 Å². The lowest BCUT2D eigenvalue weighted by molar-refractivity contribution is 0.0150. The van der Waals surface area contributed by atoms with Crippen molar-refractivity contribution >= 4 is 6.09 Å². The Hall–Kier alpha value is -0.770. The van der Waals surface area contributed by atoms with Crippen molar-refractivity contribution in [1.29, 1.82) is 0 Å². The topological polar surface area (TPSA) is 41.6 Å². The molecule has 1 N–H and O–H groups in total. The van der Waals surface area contributed by atoms with E-state index in [-0.39, 0.29) is 6.09 Å². The monoisotopic (exact) mass is 338 g/mol. The lowest BCUT2D eigenvalue weighted by Crippen LogP contribution is -2.46. The van der Waals surface area contributed by atoms with Gasteiger partial charge in [-0.05, 0) is 72.3 Å². The fourth-order valence-corrected chi connectivity index (χ4v) is 4.06. The van der Waals surface area contributed by atoms with E-state index in [0.29, 0.717) is 12.1 Å². The molecule has 4 heteroatoms. The molecule has 2 aliphatic rings. The predicted molar refractivity (Wildman–Crippen MR) is 99.2 cm³/mol. The largest absolute Gasteiger partial charge is 0.444 e. The van der Waals surface area contributed by atoms with Gasteiger partial charge in [0.2, 0.25) is 0 Å². The molecule has 0 radical (unpaired) electrons. The summed E-state index contributed by atoms with van der Waals surface area (Å²) in [4.78, 5) is 14.6. The fourth-order valence-electron chi connectivity index (χ4n) is 4.06. The first kappa shape index (κ1) is 19.6. The maximum absolute atomic E-state index is 12.6. The molecular formula is C20H38N2O2. The fraction of sp³-hybridized carbons (Fsp3) is 0.950. The molecule has 0 aromatic heterocycles. The van der Waals surface area contributed by atoms with Crippen molar-refractivity contribution in [2.24, 2.45) is 5.92 Å². The Balaban J connectivity index is 1.86. The zero-order valence-corrected chi connectivity index (χ0v) is 16.3. The van der Waals surface area contributed by atoms with Gasteiger partial charge in [0.05, 0.1) is 0 Å². The van der Waals surface area contributed by atoms with E-state index in [1.54, 1.807) is 0 Å². The van der Waals surface area contributed by atoms with Crippen LogP contribution in [0.1, 0.15) is 85.5 Å². The minimum Gasteiger partial charge on any atom is -0.444 e. The molecule has 1 aliphatic heterocycles. The smallest absolute Gasteiger partial charge is 0.410 e. The molecule has 0 aromatic carbocycles. The summed E-state index contributed by atoms with van der Waals surface area (Å²) in [7, 11) is 0. The summed E-state index contributed by atoms with van der Waals surface area (Å²) >= 11 is 0. The Kier molecular flexibility index (Phi) is 7.39. The van der Waals surface area contributed by atoms with E-state index in [2.05, 4.69) is 12.2 Å². The first-order valence-corrected chi connectivity index (χ1v) is 10.1. The second-order valence-electron chi connectivity index (χ2n) is 8.87. The van der Waals surface area contributed by atoms with E-state index in [1.165, 1.54) is 38.5 Å². The average molecular weight is 339 g/mol. The van der Waals surface area contributed by atoms with Crippen LogP contribution in [0.2, 0.25) is 0 Å². The second kappa shape index (κ2) is 9.07. The standard InChI is InChI=1S/C20H38N2O2/c1-16(21-15-17-10-7-8-11-17)14-18-12-6-5-9-13-22(18)19(23)24-20(2,3)4/h16-18,21H,5-15H2,1-4H3. The average Bonchev–Trinajstić information content (AvgIpc) is 2.89. The molecular weight excluding hydrogens is 300 g/mol. The van der Waals surface area contributed by atoms with E-state index in [1.807, 2.05) is 25.7 Å². The zero-order chi connectivity index (χ0) is 17.6. The van der Waals surface area contributed by atoms with Crippen LogP contribution in [0.25, 0.3) is 0 Å². The quantitative estimate of drug-likeness (QED) is 0.788. The number of nitrogens with zero attached hydrogens (tertiary/aromatic N) is 1. The van der Waals surface area contributed by atoms with Crippen LogP contribution in [0.15, 0.2) is 0 Å². The highest BCUT2D eigenvalue weighted by Gasteiger charge is 2.30. The first-order chi connectivity index (χ1) is 11.3. The summed E-state index contributed by atoms with van der Waals surface area (Å²) in [5.41, 5.74) is -0.416. The third kappa shape index (κ3) is 6.62. The summed E-state index contributed by atoms with van der Waals surface area (Å²) in [6.45, 7) is 10.1. The van der Waals surface area contributed by atoms with Gasteiger partial charge in [-0.1, -0.05) is 25.7 Å². The molecule has 1 saturated carbocycles. The number of carbonyl (C=O) groups is 1. The predicted octanol–water partition coefficient (Wildman–Crippen LogP) is 4.72. The Morgan fingerprint density at radius 3 is 2.46 bits per heavy atom. The highest BCUT2D eigenvalue weighted by Crippen LogP contribution is 2.25. The number of hydrogen-bond donors (Lipinski definition) is 1. The lowest BCUT2D eigenvalue weighted by Gasteiger charge is -2.34. The zero-order valence-electron chi connectivity index (χ0n) is 16.3. The van der Waals surface area contributed by atoms with Crippen LogP contribution in [0.4, 0.5) is 4.79 Å². The molecule has 24 heavy (non-hydrogen) atoms. The summed E-state index contributed by atoms with van der Waals surface area (Å²) in [5, 5.41) is 3.72. The van der Waals surface area contributed by atoms with E-state index in [0.717, 1.165) is 38.3 Å². The van der Waals surface area contributed by atoms with Crippen LogP contribution in [0.5, 0.6) is 0 Å². The van der Waals surface area contributed by atoms with Crippen molar-refractivity contribution < 1.29 is 9.53 Å². The van der Waals surface area contributed by atoms with Crippen molar-refractivity contribution in [1.82, 2.24) is 10.2 Å². The van der Waals surface area contributed by atoms with Gasteiger partial charge in [-0.3, -0.25) is 0 Å². The molecule has 0 bridgehead atoms. The first-order valence-electron chi connectivity index (χ1n) is 10.1. The number of nitrogens with one attached hydrogen (secondary N) is 1. The van der Waals surface area contributed by atoms with Gasteiger partial charge in [0.1, 0.15) is 5.60 Å². The van der Waals surface area contributed by atoms with Gasteiger partial charge in [-0.2, -0.15) is 0 Å². The second-order valence-corrected chi connectivity index (χ2v) is 8.87. The molecule has 0 aromatic rings. The summed E-state index contributed by atoms with van der Waals surface area (Å²) in [6.07, 6.45) is 11.1. The van der Waals surface area contributed by atoms with E-state index < -0.39 is 5.60 Å². The highest BCUT2D eigenvalue weighted by molar-refractivity contribution is 5.68. The van der Waals surface area contributed by atoms with Gasteiger partial charge < -0.3 is 15.0 Å². The molecule has 4 nitrogen and oxygen atoms in total. The lowest BCUT2D eigenvalue weighted by atomic mass is 10.0. The molecule has 1 heterocycles. The normalized spacial score (nSPS) is 24.7. The SMILES string of the molecule is CC(CC1CCCCCN1C(=O)OC(C)(C)C)NCC1CCCC1. The number of rotatable bonds is 5. The van der Waals surface area contributed by atoms with Crippen molar-refractivity contribution in [2.75, 3.05) is 13.1 Å². The van der Waals surface area contributed by atoms with E-state index in [9.17, 15) is 4.79 Å². The Morgan fingerprint density at radius 2 is 1.79 bits per heavy atom. The molecule has 2 unspecified atom stereocenters. The van der Waals surface area contributed by atoms with Crippen molar-refractivity contribution in [3.63, 3.8) is 0 Å². The van der Waals surface area contributed by atoms with Crippen molar-refractivity contribution in [3.05, 3.63) is 0 Å². The third-order valence-corrected chi connectivity index (χ3v) is 5.36. The maximum Gasteiger partial charge on any atom is 0.410 e. The number of likely N-dealkylation sites (tertiary alicyclic amines) is 1. The molecule has 1 saturated heterocycles. The Bertz CT molecular complexity index is 386. The van der Waals surface area contributed by atoms with E-state index >= 15 is 0 Å². The molecule has 140 valence electrons. The molecule has 2 rings (SSSR count). The number of carbonyl (C=O) groups excluding carboxylic acids is 1. The van der Waals surface area contributed by atoms with Crippen molar-refractivity contribution in [2.45, 2.75) is 103 Å². The minimum absolute atomic E-state index is 0.127. The number of amides is 1. The Morgan fingerprint density at radius 1 is 1.12 bits per heavy atom. The highest BCUT2D eigenvalue weighted by atomic mass is 16.6. The van der Waals surface area contributed by atoms with Gasteiger partial charge in [0, 0.05) is 18.6 Å². The van der Waals surface area contributed by atoms with E-state index in [4.69, 9.17) is 4.74 Å².